The topological polar surface area (TPSA) is 52.0 Å². The molecule has 3 rings (SSSR count). The Balaban J connectivity index is 1.72. The maximum Gasteiger partial charge on any atom is 0.279 e. The van der Waals surface area contributed by atoms with E-state index < -0.39 is 0 Å². The van der Waals surface area contributed by atoms with Gasteiger partial charge in [-0.1, -0.05) is 11.6 Å². The van der Waals surface area contributed by atoms with Gasteiger partial charge in [-0.3, -0.25) is 4.79 Å². The molecule has 2 aromatic carbocycles. The van der Waals surface area contributed by atoms with Gasteiger partial charge in [0.1, 0.15) is 17.5 Å². The highest BCUT2D eigenvalue weighted by Gasteiger charge is 2.33. The molecule has 1 aliphatic heterocycles. The summed E-state index contributed by atoms with van der Waals surface area (Å²) in [6, 6.07) is 13.2. The number of quaternary nitrogens is 1. The number of benzene rings is 2. The third-order valence-electron chi connectivity index (χ3n) is 4.81. The number of ether oxygens (including phenoxy) is 2. The summed E-state index contributed by atoms with van der Waals surface area (Å²) in [4.78, 5) is 13.7. The van der Waals surface area contributed by atoms with Crippen LogP contribution in [0.2, 0.25) is 5.02 Å². The highest BCUT2D eigenvalue weighted by atomic mass is 35.5. The van der Waals surface area contributed by atoms with Crippen LogP contribution in [-0.4, -0.2) is 33.2 Å². The second-order valence-corrected chi connectivity index (χ2v) is 6.88. The van der Waals surface area contributed by atoms with Crippen LogP contribution < -0.4 is 19.7 Å². The Morgan fingerprint density at radius 2 is 1.96 bits per heavy atom. The molecule has 0 radical (unpaired) electrons. The van der Waals surface area contributed by atoms with Gasteiger partial charge < -0.3 is 19.7 Å². The molecule has 1 heterocycles. The van der Waals surface area contributed by atoms with Crippen LogP contribution in [0.4, 0.5) is 5.69 Å². The summed E-state index contributed by atoms with van der Waals surface area (Å²) in [7, 11) is 3.33. The van der Waals surface area contributed by atoms with Crippen molar-refractivity contribution < 1.29 is 19.2 Å². The van der Waals surface area contributed by atoms with Gasteiger partial charge in [-0.2, -0.15) is 0 Å². The highest BCUT2D eigenvalue weighted by molar-refractivity contribution is 6.30. The van der Waals surface area contributed by atoms with E-state index in [9.17, 15) is 4.79 Å². The number of nitrogens with one attached hydrogen (secondary N) is 2. The van der Waals surface area contributed by atoms with Gasteiger partial charge in [0.15, 0.2) is 6.54 Å². The van der Waals surface area contributed by atoms with Crippen molar-refractivity contribution in [3.8, 4) is 11.5 Å². The third kappa shape index (κ3) is 4.29. The van der Waals surface area contributed by atoms with Crippen LogP contribution in [0.25, 0.3) is 0 Å². The van der Waals surface area contributed by atoms with Gasteiger partial charge in [0, 0.05) is 23.6 Å². The van der Waals surface area contributed by atoms with Gasteiger partial charge in [0.2, 0.25) is 0 Å². The van der Waals surface area contributed by atoms with Crippen molar-refractivity contribution in [2.24, 2.45) is 0 Å². The minimum absolute atomic E-state index is 0.00362. The molecule has 2 aromatic rings. The summed E-state index contributed by atoms with van der Waals surface area (Å²) >= 11 is 5.89. The van der Waals surface area contributed by atoms with E-state index in [1.54, 1.807) is 26.4 Å². The van der Waals surface area contributed by atoms with E-state index in [0.29, 0.717) is 11.6 Å². The molecule has 0 bridgehead atoms. The molecule has 2 atom stereocenters. The van der Waals surface area contributed by atoms with E-state index >= 15 is 0 Å². The van der Waals surface area contributed by atoms with Gasteiger partial charge in [-0.05, 0) is 42.5 Å². The molecule has 1 fully saturated rings. The lowest BCUT2D eigenvalue weighted by atomic mass is 10.0. The van der Waals surface area contributed by atoms with Crippen molar-refractivity contribution in [1.82, 2.24) is 0 Å². The van der Waals surface area contributed by atoms with E-state index in [2.05, 4.69) is 5.32 Å². The minimum Gasteiger partial charge on any atom is -0.497 e. The normalized spacial score (nSPS) is 19.2. The number of amides is 1. The number of rotatable bonds is 6. The zero-order valence-corrected chi connectivity index (χ0v) is 15.8. The Hall–Kier alpha value is -2.24. The number of carbonyl (C=O) groups is 1. The number of anilines is 1. The van der Waals surface area contributed by atoms with E-state index in [0.717, 1.165) is 42.1 Å². The number of halogens is 1. The Kier molecular flexibility index (Phi) is 6.01. The molecule has 0 spiro atoms. The fraction of sp³-hybridized carbons (Fsp3) is 0.350. The lowest BCUT2D eigenvalue weighted by Crippen LogP contribution is -3.11. The number of hydrogen-bond donors (Lipinski definition) is 2. The standard InChI is InChI=1S/C20H23ClN2O3/c1-25-16-9-10-19(26-2)17(12-16)18-4-3-11-23(18)13-20(24)22-15-7-5-14(21)6-8-15/h5-10,12,18H,3-4,11,13H2,1-2H3,(H,22,24)/p+1/t18-/m1/s1. The minimum atomic E-state index is -0.00362. The predicted octanol–water partition coefficient (Wildman–Crippen LogP) is 2.72. The van der Waals surface area contributed by atoms with Crippen LogP contribution in [0.3, 0.4) is 0 Å². The average molecular weight is 376 g/mol. The summed E-state index contributed by atoms with van der Waals surface area (Å²) in [5.41, 5.74) is 1.85. The molecule has 1 amide bonds. The molecule has 1 saturated heterocycles. The third-order valence-corrected chi connectivity index (χ3v) is 5.06. The molecule has 6 heteroatoms. The van der Waals surface area contributed by atoms with Crippen molar-refractivity contribution >= 4 is 23.2 Å². The highest BCUT2D eigenvalue weighted by Crippen LogP contribution is 2.31. The summed E-state index contributed by atoms with van der Waals surface area (Å²) in [5.74, 6) is 1.64. The molecule has 0 aliphatic carbocycles. The van der Waals surface area contributed by atoms with Gasteiger partial charge >= 0.3 is 0 Å². The van der Waals surface area contributed by atoms with Crippen LogP contribution >= 0.6 is 11.6 Å². The second kappa shape index (κ2) is 8.43. The Morgan fingerprint density at radius 1 is 1.19 bits per heavy atom. The average Bonchev–Trinajstić information content (AvgIpc) is 3.10. The van der Waals surface area contributed by atoms with Crippen molar-refractivity contribution in [3.63, 3.8) is 0 Å². The monoisotopic (exact) mass is 375 g/mol. The van der Waals surface area contributed by atoms with E-state index in [1.165, 1.54) is 4.90 Å². The molecular weight excluding hydrogens is 352 g/mol. The van der Waals surface area contributed by atoms with Crippen LogP contribution in [0.5, 0.6) is 11.5 Å². The largest absolute Gasteiger partial charge is 0.497 e. The lowest BCUT2D eigenvalue weighted by molar-refractivity contribution is -0.910. The first-order chi connectivity index (χ1) is 12.6. The van der Waals surface area contributed by atoms with Crippen molar-refractivity contribution in [1.29, 1.82) is 0 Å². The van der Waals surface area contributed by atoms with Gasteiger partial charge in [-0.25, -0.2) is 0 Å². The molecule has 138 valence electrons. The number of methoxy groups -OCH3 is 2. The fourth-order valence-corrected chi connectivity index (χ4v) is 3.68. The number of hydrogen-bond acceptors (Lipinski definition) is 3. The van der Waals surface area contributed by atoms with Gasteiger partial charge in [0.05, 0.1) is 26.3 Å². The molecule has 2 N–H and O–H groups in total. The molecule has 1 unspecified atom stereocenters. The maximum atomic E-state index is 12.5. The molecule has 0 aromatic heterocycles. The van der Waals surface area contributed by atoms with E-state index in [4.69, 9.17) is 21.1 Å². The van der Waals surface area contributed by atoms with Gasteiger partial charge in [-0.15, -0.1) is 0 Å². The van der Waals surface area contributed by atoms with E-state index in [1.807, 2.05) is 30.3 Å². The van der Waals surface area contributed by atoms with Crippen LogP contribution in [0, 0.1) is 0 Å². The summed E-state index contributed by atoms with van der Waals surface area (Å²) in [5, 5.41) is 3.60. The van der Waals surface area contributed by atoms with Crippen molar-refractivity contribution in [2.75, 3.05) is 32.6 Å². The summed E-state index contributed by atoms with van der Waals surface area (Å²) in [6.07, 6.45) is 2.10. The summed E-state index contributed by atoms with van der Waals surface area (Å²) < 4.78 is 10.9. The zero-order chi connectivity index (χ0) is 18.5. The predicted molar refractivity (Wildman–Crippen MR) is 102 cm³/mol. The molecule has 1 aliphatic rings. The van der Waals surface area contributed by atoms with Crippen molar-refractivity contribution in [3.05, 3.63) is 53.1 Å². The maximum absolute atomic E-state index is 12.5. The number of likely N-dealkylation sites (tertiary alicyclic amines) is 1. The summed E-state index contributed by atoms with van der Waals surface area (Å²) in [6.45, 7) is 1.37. The van der Waals surface area contributed by atoms with Gasteiger partial charge in [0.25, 0.3) is 5.91 Å². The molecule has 26 heavy (non-hydrogen) atoms. The Labute approximate surface area is 158 Å². The van der Waals surface area contributed by atoms with Crippen LogP contribution in [-0.2, 0) is 4.79 Å². The Morgan fingerprint density at radius 3 is 2.65 bits per heavy atom. The molecule has 0 saturated carbocycles. The fourth-order valence-electron chi connectivity index (χ4n) is 3.55. The first kappa shape index (κ1) is 18.5. The molecular formula is C20H24ClN2O3+. The van der Waals surface area contributed by atoms with Crippen LogP contribution in [0.1, 0.15) is 24.4 Å². The smallest absolute Gasteiger partial charge is 0.279 e. The first-order valence-corrected chi connectivity index (χ1v) is 9.10. The quantitative estimate of drug-likeness (QED) is 0.816. The lowest BCUT2D eigenvalue weighted by Gasteiger charge is -2.23. The Bertz CT molecular complexity index is 764. The van der Waals surface area contributed by atoms with E-state index in [-0.39, 0.29) is 11.9 Å². The van der Waals surface area contributed by atoms with Crippen LogP contribution in [0.15, 0.2) is 42.5 Å². The first-order valence-electron chi connectivity index (χ1n) is 8.72. The number of carbonyl (C=O) groups excluding carboxylic acids is 1. The second-order valence-electron chi connectivity index (χ2n) is 6.44. The SMILES string of the molecule is COc1ccc(OC)c([C@H]2CCC[NH+]2CC(=O)Nc2ccc(Cl)cc2)c1. The molecule has 5 nitrogen and oxygen atoms in total. The zero-order valence-electron chi connectivity index (χ0n) is 15.0. The van der Waals surface area contributed by atoms with Crippen molar-refractivity contribution in [2.45, 2.75) is 18.9 Å².